The van der Waals surface area contributed by atoms with Gasteiger partial charge in [0.2, 0.25) is 0 Å². The Balaban J connectivity index is 2.17. The van der Waals surface area contributed by atoms with Gasteiger partial charge in [0, 0.05) is 11.6 Å². The molecule has 9 nitrogen and oxygen atoms in total. The molecule has 0 amide bonds. The van der Waals surface area contributed by atoms with Gasteiger partial charge in [-0.2, -0.15) is 0 Å². The van der Waals surface area contributed by atoms with E-state index in [9.17, 15) is 25.0 Å². The number of hydrogen-bond donors (Lipinski definition) is 1. The molecule has 1 N–H and O–H groups in total. The van der Waals surface area contributed by atoms with Crippen LogP contribution < -0.4 is 10.1 Å². The van der Waals surface area contributed by atoms with Crippen LogP contribution in [0.2, 0.25) is 0 Å². The van der Waals surface area contributed by atoms with Gasteiger partial charge in [-0.15, -0.1) is 0 Å². The Morgan fingerprint density at radius 2 is 1.88 bits per heavy atom. The van der Waals surface area contributed by atoms with E-state index in [1.165, 1.54) is 13.2 Å². The van der Waals surface area contributed by atoms with Crippen LogP contribution in [-0.4, -0.2) is 29.3 Å². The number of halogens is 1. The molecule has 0 unspecified atom stereocenters. The van der Waals surface area contributed by atoms with Crippen molar-refractivity contribution in [3.05, 3.63) is 66.7 Å². The minimum absolute atomic E-state index is 0.0246. The molecule has 0 aromatic heterocycles. The lowest BCUT2D eigenvalue weighted by Gasteiger charge is -2.08. The van der Waals surface area contributed by atoms with Gasteiger partial charge < -0.3 is 10.1 Å². The van der Waals surface area contributed by atoms with Crippen LogP contribution in [-0.2, 0) is 0 Å². The van der Waals surface area contributed by atoms with Crippen LogP contribution in [0.15, 0.2) is 40.9 Å². The third-order valence-electron chi connectivity index (χ3n) is 3.30. The number of nitro groups is 2. The van der Waals surface area contributed by atoms with Crippen LogP contribution in [0.4, 0.5) is 17.1 Å². The molecule has 2 aromatic rings. The van der Waals surface area contributed by atoms with Crippen LogP contribution in [0.5, 0.6) is 5.75 Å². The molecule has 0 saturated heterocycles. The topological polar surface area (TPSA) is 125 Å². The van der Waals surface area contributed by atoms with E-state index >= 15 is 0 Å². The highest BCUT2D eigenvalue weighted by molar-refractivity contribution is 9.10. The lowest BCUT2D eigenvalue weighted by molar-refractivity contribution is -0.393. The Labute approximate surface area is 150 Å². The van der Waals surface area contributed by atoms with E-state index in [0.29, 0.717) is 15.8 Å². The number of methoxy groups -OCH3 is 1. The van der Waals surface area contributed by atoms with E-state index in [1.807, 2.05) is 0 Å². The quantitative estimate of drug-likeness (QED) is 0.420. The van der Waals surface area contributed by atoms with E-state index in [2.05, 4.69) is 21.2 Å². The molecule has 0 radical (unpaired) electrons. The third-order valence-corrected chi connectivity index (χ3v) is 3.92. The average molecular weight is 410 g/mol. The summed E-state index contributed by atoms with van der Waals surface area (Å²) in [4.78, 5) is 32.5. The zero-order valence-corrected chi connectivity index (χ0v) is 14.5. The predicted octanol–water partition coefficient (Wildman–Crippen LogP) is 3.57. The van der Waals surface area contributed by atoms with Gasteiger partial charge in [0.25, 0.3) is 11.4 Å². The number of carbonyl (C=O) groups is 1. The number of benzene rings is 2. The highest BCUT2D eigenvalue weighted by Crippen LogP contribution is 2.29. The number of non-ortho nitro benzene ring substituents is 1. The SMILES string of the molecule is COc1ccc(C(=O)CNc2ccc([N+](=O)[O-])cc2[N+](=O)[O-])cc1Br. The summed E-state index contributed by atoms with van der Waals surface area (Å²) in [5.41, 5.74) is -0.471. The second-order valence-corrected chi connectivity index (χ2v) is 5.70. The van der Waals surface area contributed by atoms with E-state index in [0.717, 1.165) is 12.1 Å². The van der Waals surface area contributed by atoms with Crippen LogP contribution in [0.3, 0.4) is 0 Å². The van der Waals surface area contributed by atoms with Gasteiger partial charge in [0.05, 0.1) is 34.0 Å². The first-order valence-electron chi connectivity index (χ1n) is 6.87. The van der Waals surface area contributed by atoms with Crippen molar-refractivity contribution in [2.45, 2.75) is 0 Å². The predicted molar refractivity (Wildman–Crippen MR) is 93.3 cm³/mol. The molecule has 2 rings (SSSR count). The summed E-state index contributed by atoms with van der Waals surface area (Å²) in [7, 11) is 1.50. The maximum atomic E-state index is 12.2. The number of hydrogen-bond acceptors (Lipinski definition) is 7. The first-order chi connectivity index (χ1) is 11.8. The lowest BCUT2D eigenvalue weighted by Crippen LogP contribution is -2.15. The molecule has 0 bridgehead atoms. The van der Waals surface area contributed by atoms with E-state index < -0.39 is 21.2 Å². The number of ketones is 1. The summed E-state index contributed by atoms with van der Waals surface area (Å²) < 4.78 is 5.68. The molecule has 0 saturated carbocycles. The summed E-state index contributed by atoms with van der Waals surface area (Å²) in [6.45, 7) is -0.211. The zero-order chi connectivity index (χ0) is 18.6. The molecule has 0 atom stereocenters. The molecular weight excluding hydrogens is 398 g/mol. The van der Waals surface area contributed by atoms with Crippen molar-refractivity contribution in [2.24, 2.45) is 0 Å². The van der Waals surface area contributed by atoms with Gasteiger partial charge in [-0.05, 0) is 40.2 Å². The fraction of sp³-hybridized carbons (Fsp3) is 0.133. The van der Waals surface area contributed by atoms with Gasteiger partial charge in [0.15, 0.2) is 5.78 Å². The number of carbonyl (C=O) groups excluding carboxylic acids is 1. The smallest absolute Gasteiger partial charge is 0.299 e. The highest BCUT2D eigenvalue weighted by Gasteiger charge is 2.20. The van der Waals surface area contributed by atoms with Gasteiger partial charge >= 0.3 is 0 Å². The molecule has 130 valence electrons. The summed E-state index contributed by atoms with van der Waals surface area (Å²) in [6, 6.07) is 7.94. The molecule has 10 heteroatoms. The number of ether oxygens (including phenoxy) is 1. The fourth-order valence-electron chi connectivity index (χ4n) is 2.05. The number of nitro benzene ring substituents is 2. The van der Waals surface area contributed by atoms with E-state index in [4.69, 9.17) is 4.74 Å². The lowest BCUT2D eigenvalue weighted by atomic mass is 10.1. The first kappa shape index (κ1) is 18.3. The minimum atomic E-state index is -0.746. The maximum Gasteiger partial charge on any atom is 0.299 e. The number of anilines is 1. The Morgan fingerprint density at radius 1 is 1.16 bits per heavy atom. The molecule has 2 aromatic carbocycles. The third kappa shape index (κ3) is 4.29. The monoisotopic (exact) mass is 409 g/mol. The normalized spacial score (nSPS) is 10.2. The van der Waals surface area contributed by atoms with Crippen molar-refractivity contribution in [3.63, 3.8) is 0 Å². The molecular formula is C15H12BrN3O6. The highest BCUT2D eigenvalue weighted by atomic mass is 79.9. The Morgan fingerprint density at radius 3 is 2.44 bits per heavy atom. The van der Waals surface area contributed by atoms with Crippen LogP contribution in [0, 0.1) is 20.2 Å². The number of rotatable bonds is 7. The van der Waals surface area contributed by atoms with Gasteiger partial charge in [-0.25, -0.2) is 0 Å². The van der Waals surface area contributed by atoms with Crippen molar-refractivity contribution in [2.75, 3.05) is 19.0 Å². The van der Waals surface area contributed by atoms with Crippen LogP contribution in [0.1, 0.15) is 10.4 Å². The number of nitrogens with one attached hydrogen (secondary N) is 1. The van der Waals surface area contributed by atoms with Gasteiger partial charge in [-0.3, -0.25) is 25.0 Å². The Hall–Kier alpha value is -3.01. The molecule has 0 aliphatic heterocycles. The fourth-order valence-corrected chi connectivity index (χ4v) is 2.59. The molecule has 0 aliphatic rings. The number of Topliss-reactive ketones (excluding diaryl/α,β-unsaturated/α-hetero) is 1. The van der Waals surface area contributed by atoms with Crippen molar-refractivity contribution < 1.29 is 19.4 Å². The standard InChI is InChI=1S/C15H12BrN3O6/c1-25-15-5-2-9(6-11(15)16)14(20)8-17-12-4-3-10(18(21)22)7-13(12)19(23)24/h2-7,17H,8H2,1H3. The van der Waals surface area contributed by atoms with Crippen molar-refractivity contribution in [3.8, 4) is 5.75 Å². The molecule has 25 heavy (non-hydrogen) atoms. The van der Waals surface area contributed by atoms with Crippen LogP contribution in [0.25, 0.3) is 0 Å². The summed E-state index contributed by atoms with van der Waals surface area (Å²) >= 11 is 3.27. The molecule has 0 aliphatic carbocycles. The minimum Gasteiger partial charge on any atom is -0.496 e. The van der Waals surface area contributed by atoms with E-state index in [1.54, 1.807) is 18.2 Å². The first-order valence-corrected chi connectivity index (χ1v) is 7.66. The molecule has 0 heterocycles. The van der Waals surface area contributed by atoms with Crippen LogP contribution >= 0.6 is 15.9 Å². The van der Waals surface area contributed by atoms with Crippen molar-refractivity contribution >= 4 is 38.8 Å². The second kappa shape index (κ2) is 7.71. The zero-order valence-electron chi connectivity index (χ0n) is 12.9. The summed E-state index contributed by atoms with van der Waals surface area (Å²) in [5.74, 6) is 0.256. The Kier molecular flexibility index (Phi) is 5.65. The second-order valence-electron chi connectivity index (χ2n) is 4.84. The molecule has 0 fully saturated rings. The molecule has 0 spiro atoms. The van der Waals surface area contributed by atoms with Gasteiger partial charge in [0.1, 0.15) is 11.4 Å². The van der Waals surface area contributed by atoms with Gasteiger partial charge in [-0.1, -0.05) is 0 Å². The number of nitrogens with zero attached hydrogens (tertiary/aromatic N) is 2. The van der Waals surface area contributed by atoms with E-state index in [-0.39, 0.29) is 18.0 Å². The summed E-state index contributed by atoms with van der Waals surface area (Å²) in [6.07, 6.45) is 0. The average Bonchev–Trinajstić information content (AvgIpc) is 2.59. The Bertz CT molecular complexity index is 855. The summed E-state index contributed by atoms with van der Waals surface area (Å²) in [5, 5.41) is 24.4. The maximum absolute atomic E-state index is 12.2. The largest absolute Gasteiger partial charge is 0.496 e. The van der Waals surface area contributed by atoms with Crippen molar-refractivity contribution in [1.82, 2.24) is 0 Å². The van der Waals surface area contributed by atoms with Crippen molar-refractivity contribution in [1.29, 1.82) is 0 Å².